The van der Waals surface area contributed by atoms with Gasteiger partial charge in [0.2, 0.25) is 0 Å². The van der Waals surface area contributed by atoms with Gasteiger partial charge in [0.1, 0.15) is 11.5 Å². The molecule has 2 atom stereocenters. The lowest BCUT2D eigenvalue weighted by Gasteiger charge is -2.30. The van der Waals surface area contributed by atoms with Crippen molar-refractivity contribution in [2.24, 2.45) is 5.92 Å². The molecule has 4 aliphatic rings. The third-order valence-electron chi connectivity index (χ3n) is 8.73. The lowest BCUT2D eigenvalue weighted by Crippen LogP contribution is -2.29. The summed E-state index contributed by atoms with van der Waals surface area (Å²) in [6, 6.07) is 23.8. The Hall–Kier alpha value is -4.96. The van der Waals surface area contributed by atoms with Gasteiger partial charge in [-0.15, -0.1) is 0 Å². The van der Waals surface area contributed by atoms with Gasteiger partial charge in [0.25, 0.3) is 0 Å². The van der Waals surface area contributed by atoms with Gasteiger partial charge in [-0.25, -0.2) is 4.42 Å². The second-order valence-corrected chi connectivity index (χ2v) is 11.8. The lowest BCUT2D eigenvalue weighted by atomic mass is 9.84. The highest BCUT2D eigenvalue weighted by molar-refractivity contribution is 6.23. The fourth-order valence-electron chi connectivity index (χ4n) is 6.28. The molecule has 2 unspecified atom stereocenters. The molecule has 218 valence electrons. The molecule has 4 nitrogen and oxygen atoms in total. The van der Waals surface area contributed by atoms with Gasteiger partial charge in [-0.05, 0) is 86.1 Å². The van der Waals surface area contributed by atoms with Gasteiger partial charge in [0.15, 0.2) is 5.78 Å². The number of hydrogen-bond acceptors (Lipinski definition) is 3. The van der Waals surface area contributed by atoms with E-state index >= 15 is 0 Å². The number of carbonyl (C=O) groups is 1. The monoisotopic (exact) mass is 578 g/mol. The van der Waals surface area contributed by atoms with E-state index in [2.05, 4.69) is 24.3 Å². The van der Waals surface area contributed by atoms with E-state index in [9.17, 15) is 9.90 Å². The Kier molecular flexibility index (Phi) is 7.81. The summed E-state index contributed by atoms with van der Waals surface area (Å²) in [5.41, 5.74) is 3.93. The van der Waals surface area contributed by atoms with E-state index in [-0.39, 0.29) is 34.5 Å². The lowest BCUT2D eigenvalue weighted by molar-refractivity contribution is -0.300. The molecule has 0 bridgehead atoms. The average Bonchev–Trinajstić information content (AvgIpc) is 3.10. The molecule has 0 saturated carbocycles. The molecule has 2 aromatic carbocycles. The Morgan fingerprint density at radius 2 is 1.45 bits per heavy atom. The maximum absolute atomic E-state index is 13.4. The molecule has 1 aliphatic heterocycles. The molecular weight excluding hydrogens is 544 g/mol. The largest absolute Gasteiger partial charge is 0.871 e. The number of allylic oxidation sites excluding steroid dienone is 11. The highest BCUT2D eigenvalue weighted by atomic mass is 16.5. The van der Waals surface area contributed by atoms with Crippen LogP contribution in [0.15, 0.2) is 148 Å². The number of carbonyl (C=O) groups excluding carboxylic acids is 1. The van der Waals surface area contributed by atoms with Gasteiger partial charge < -0.3 is 9.84 Å². The highest BCUT2D eigenvalue weighted by Gasteiger charge is 2.30. The number of ether oxygens (including phenoxy) is 1. The van der Waals surface area contributed by atoms with Crippen molar-refractivity contribution in [1.29, 1.82) is 0 Å². The minimum absolute atomic E-state index is 0.206. The summed E-state index contributed by atoms with van der Waals surface area (Å²) in [7, 11) is 0. The van der Waals surface area contributed by atoms with Gasteiger partial charge in [0, 0.05) is 28.7 Å². The van der Waals surface area contributed by atoms with Gasteiger partial charge >= 0.3 is 11.5 Å². The molecule has 0 N–H and O–H groups in total. The Morgan fingerprint density at radius 3 is 2.11 bits per heavy atom. The van der Waals surface area contributed by atoms with Crippen molar-refractivity contribution in [3.63, 3.8) is 0 Å². The number of Topliss-reactive ketones (excluding diaryl/α,β-unsaturated/α-hetero) is 1. The third-order valence-corrected chi connectivity index (χ3v) is 8.73. The van der Waals surface area contributed by atoms with Crippen molar-refractivity contribution in [2.75, 3.05) is 0 Å². The second kappa shape index (κ2) is 12.3. The summed E-state index contributed by atoms with van der Waals surface area (Å²) in [6.45, 7) is 0. The smallest absolute Gasteiger partial charge is 0.360 e. The number of ketones is 1. The molecule has 3 aromatic rings. The Labute approximate surface area is 258 Å². The van der Waals surface area contributed by atoms with E-state index in [1.807, 2.05) is 84.9 Å². The second-order valence-electron chi connectivity index (χ2n) is 11.8. The summed E-state index contributed by atoms with van der Waals surface area (Å²) in [5.74, 6) is 3.28. The van der Waals surface area contributed by atoms with Crippen LogP contribution in [0, 0.1) is 5.92 Å². The predicted molar refractivity (Wildman–Crippen MR) is 172 cm³/mol. The number of hydrogen-bond donors (Lipinski definition) is 0. The van der Waals surface area contributed by atoms with Crippen LogP contribution in [0.2, 0.25) is 0 Å². The first-order valence-corrected chi connectivity index (χ1v) is 15.5. The summed E-state index contributed by atoms with van der Waals surface area (Å²) >= 11 is 0. The fourth-order valence-corrected chi connectivity index (χ4v) is 6.28. The Morgan fingerprint density at radius 1 is 0.773 bits per heavy atom. The van der Waals surface area contributed by atoms with Crippen molar-refractivity contribution >= 4 is 17.6 Å². The predicted octanol–water partition coefficient (Wildman–Crippen LogP) is 8.87. The summed E-state index contributed by atoms with van der Waals surface area (Å²) in [5, 5.41) is 13.4. The van der Waals surface area contributed by atoms with E-state index in [1.165, 1.54) is 0 Å². The minimum Gasteiger partial charge on any atom is -0.871 e. The number of benzene rings is 2. The van der Waals surface area contributed by atoms with E-state index in [4.69, 9.17) is 9.15 Å². The van der Waals surface area contributed by atoms with Gasteiger partial charge in [-0.2, -0.15) is 0 Å². The van der Waals surface area contributed by atoms with E-state index < -0.39 is 0 Å². The first-order chi connectivity index (χ1) is 21.6. The molecule has 0 fully saturated rings. The first-order valence-electron chi connectivity index (χ1n) is 15.5. The zero-order valence-electron chi connectivity index (χ0n) is 24.6. The number of rotatable bonds is 6. The summed E-state index contributed by atoms with van der Waals surface area (Å²) in [4.78, 5) is 13.4. The van der Waals surface area contributed by atoms with Crippen LogP contribution in [0.1, 0.15) is 61.3 Å². The molecule has 1 aromatic heterocycles. The van der Waals surface area contributed by atoms with Crippen LogP contribution in [0.25, 0.3) is 23.2 Å². The van der Waals surface area contributed by atoms with Crippen LogP contribution in [0.5, 0.6) is 0 Å². The molecule has 7 rings (SSSR count). The van der Waals surface area contributed by atoms with Gasteiger partial charge in [0.05, 0.1) is 17.5 Å². The van der Waals surface area contributed by atoms with E-state index in [1.54, 1.807) is 12.2 Å². The fraction of sp³-hybridized carbons (Fsp3) is 0.200. The SMILES string of the molecule is O=C1C(=Cc2cc(-c3ccccc3)[o+]c(C3CC=CCC3)c2)C([O-])=C1C=C1C=C(c2ccccc2)OC(C2CC=CCC2)=C1. The van der Waals surface area contributed by atoms with Crippen molar-refractivity contribution in [2.45, 2.75) is 44.4 Å². The Balaban J connectivity index is 1.24. The van der Waals surface area contributed by atoms with Crippen LogP contribution in [0.3, 0.4) is 0 Å². The van der Waals surface area contributed by atoms with Crippen molar-refractivity contribution in [1.82, 2.24) is 0 Å². The molecule has 0 amide bonds. The first kappa shape index (κ1) is 27.8. The topological polar surface area (TPSA) is 60.7 Å². The molecular formula is C40H34O4. The normalized spacial score (nSPS) is 23.3. The third kappa shape index (κ3) is 5.80. The standard InChI is InChI=1S/C40H34O4/c41-39-33(21-27-23-35(29-13-5-1-6-14-29)43-36(24-27)30-15-7-2-8-16-30)40(42)34(39)22-28-25-37(31-17-9-3-10-18-31)44-38(26-28)32-19-11-4-12-20-32/h1-7,9-11,13-14,17-18,21-26,30,32H,8,12,15-16,19-20H2. The molecule has 0 saturated heterocycles. The average molecular weight is 579 g/mol. The zero-order valence-corrected chi connectivity index (χ0v) is 24.6. The van der Waals surface area contributed by atoms with Gasteiger partial charge in [-0.3, -0.25) is 4.79 Å². The quantitative estimate of drug-likeness (QED) is 0.167. The summed E-state index contributed by atoms with van der Waals surface area (Å²) < 4.78 is 12.8. The van der Waals surface area contributed by atoms with Crippen molar-refractivity contribution in [3.8, 4) is 11.3 Å². The molecule has 2 heterocycles. The van der Waals surface area contributed by atoms with E-state index in [0.29, 0.717) is 0 Å². The highest BCUT2D eigenvalue weighted by Crippen LogP contribution is 2.38. The molecule has 0 radical (unpaired) electrons. The maximum Gasteiger partial charge on any atom is 0.360 e. The van der Waals surface area contributed by atoms with Crippen LogP contribution in [0.4, 0.5) is 0 Å². The van der Waals surface area contributed by atoms with Crippen LogP contribution >= 0.6 is 0 Å². The van der Waals surface area contributed by atoms with Crippen LogP contribution in [-0.2, 0) is 9.53 Å². The minimum atomic E-state index is -0.233. The van der Waals surface area contributed by atoms with E-state index in [0.717, 1.165) is 83.8 Å². The van der Waals surface area contributed by atoms with Crippen molar-refractivity contribution < 1.29 is 19.1 Å². The molecule has 4 heteroatoms. The summed E-state index contributed by atoms with van der Waals surface area (Å²) in [6.07, 6.45) is 22.0. The maximum atomic E-state index is 13.4. The zero-order chi connectivity index (χ0) is 29.9. The Bertz CT molecular complexity index is 1800. The van der Waals surface area contributed by atoms with Crippen LogP contribution in [-0.4, -0.2) is 5.78 Å². The van der Waals surface area contributed by atoms with Gasteiger partial charge in [-0.1, -0.05) is 78.6 Å². The molecule has 44 heavy (non-hydrogen) atoms. The van der Waals surface area contributed by atoms with Crippen LogP contribution < -0.4 is 5.11 Å². The molecule has 0 spiro atoms. The molecule has 3 aliphatic carbocycles. The van der Waals surface area contributed by atoms with Crippen molar-refractivity contribution in [3.05, 3.63) is 160 Å².